The van der Waals surface area contributed by atoms with Crippen LogP contribution in [-0.4, -0.2) is 57.4 Å². The van der Waals surface area contributed by atoms with Gasteiger partial charge in [0.15, 0.2) is 11.5 Å². The van der Waals surface area contributed by atoms with Gasteiger partial charge >= 0.3 is 0 Å². The molecule has 3 rings (SSSR count). The molecule has 2 aromatic rings. The maximum atomic E-state index is 13.2. The summed E-state index contributed by atoms with van der Waals surface area (Å²) in [5.41, 5.74) is 0.0111. The van der Waals surface area contributed by atoms with Gasteiger partial charge in [0.1, 0.15) is 11.4 Å². The summed E-state index contributed by atoms with van der Waals surface area (Å²) in [6.07, 6.45) is 1.25. The smallest absolute Gasteiger partial charge is 0.254 e. The van der Waals surface area contributed by atoms with Gasteiger partial charge in [-0.15, -0.1) is 0 Å². The third-order valence-corrected chi connectivity index (χ3v) is 5.28. The molecule has 1 atom stereocenters. The lowest BCUT2D eigenvalue weighted by Crippen LogP contribution is -2.48. The van der Waals surface area contributed by atoms with Gasteiger partial charge in [0.25, 0.3) is 5.91 Å². The Balaban J connectivity index is 1.90. The number of nitrogens with zero attached hydrogens (tertiary/aromatic N) is 1. The van der Waals surface area contributed by atoms with Crippen molar-refractivity contribution in [3.05, 3.63) is 47.5 Å². The van der Waals surface area contributed by atoms with Gasteiger partial charge in [0, 0.05) is 12.1 Å². The van der Waals surface area contributed by atoms with E-state index in [4.69, 9.17) is 18.9 Å². The molecule has 0 bridgehead atoms. The topological polar surface area (TPSA) is 77.5 Å². The average molecular weight is 401 g/mol. The van der Waals surface area contributed by atoms with Crippen LogP contribution in [0.2, 0.25) is 0 Å². The molecular weight excluding hydrogens is 374 g/mol. The summed E-state index contributed by atoms with van der Waals surface area (Å²) in [7, 11) is 6.12. The molecule has 0 saturated carbocycles. The van der Waals surface area contributed by atoms with E-state index in [1.165, 1.54) is 21.3 Å². The van der Waals surface area contributed by atoms with Crippen LogP contribution < -0.4 is 18.9 Å². The van der Waals surface area contributed by atoms with E-state index in [1.54, 1.807) is 24.1 Å². The highest BCUT2D eigenvalue weighted by Crippen LogP contribution is 2.39. The van der Waals surface area contributed by atoms with Crippen molar-refractivity contribution in [3.8, 4) is 23.0 Å². The minimum Gasteiger partial charge on any atom is -0.497 e. The zero-order valence-corrected chi connectivity index (χ0v) is 17.2. The van der Waals surface area contributed by atoms with Gasteiger partial charge in [-0.2, -0.15) is 0 Å². The van der Waals surface area contributed by atoms with Gasteiger partial charge < -0.3 is 29.0 Å². The summed E-state index contributed by atoms with van der Waals surface area (Å²) in [6, 6.07) is 10.6. The minimum atomic E-state index is -1.14. The molecule has 1 heterocycles. The molecule has 7 heteroatoms. The highest BCUT2D eigenvalue weighted by Gasteiger charge is 2.37. The molecule has 29 heavy (non-hydrogen) atoms. The molecule has 1 saturated heterocycles. The lowest BCUT2D eigenvalue weighted by atomic mass is 9.85. The molecular formula is C22H27NO6. The third-order valence-electron chi connectivity index (χ3n) is 5.28. The van der Waals surface area contributed by atoms with Gasteiger partial charge in [-0.1, -0.05) is 12.1 Å². The van der Waals surface area contributed by atoms with Crippen molar-refractivity contribution in [2.45, 2.75) is 18.4 Å². The number of carbonyl (C=O) groups is 1. The standard InChI is InChI=1S/C22H27NO6/c1-26-17-8-5-7-16(13-17)22(25)9-6-10-23(14-22)21(24)15-11-18(27-2)20(29-4)19(12-15)28-3/h5,7-8,11-13,25H,6,9-10,14H2,1-4H3. The van der Waals surface area contributed by atoms with Crippen LogP contribution in [0, 0.1) is 0 Å². The highest BCUT2D eigenvalue weighted by atomic mass is 16.5. The molecule has 0 radical (unpaired) electrons. The average Bonchev–Trinajstić information content (AvgIpc) is 2.77. The van der Waals surface area contributed by atoms with Gasteiger partial charge in [-0.3, -0.25) is 4.79 Å². The van der Waals surface area contributed by atoms with Crippen molar-refractivity contribution >= 4 is 5.91 Å². The predicted molar refractivity (Wildman–Crippen MR) is 108 cm³/mol. The molecule has 1 aliphatic heterocycles. The number of ether oxygens (including phenoxy) is 4. The molecule has 0 spiro atoms. The van der Waals surface area contributed by atoms with Crippen LogP contribution in [0.1, 0.15) is 28.8 Å². The zero-order chi connectivity index (χ0) is 21.0. The van der Waals surface area contributed by atoms with Gasteiger partial charge in [0.05, 0.1) is 35.0 Å². The number of hydrogen-bond acceptors (Lipinski definition) is 6. The van der Waals surface area contributed by atoms with Crippen LogP contribution in [0.5, 0.6) is 23.0 Å². The minimum absolute atomic E-state index is 0.190. The molecule has 0 aromatic heterocycles. The number of β-amino-alcohol motifs (C(OH)–C–C–N with tert-alkyl or cyclic N) is 1. The fourth-order valence-electron chi connectivity index (χ4n) is 3.74. The molecule has 0 aliphatic carbocycles. The number of hydrogen-bond donors (Lipinski definition) is 1. The Morgan fingerprint density at radius 2 is 1.69 bits per heavy atom. The first-order valence-corrected chi connectivity index (χ1v) is 9.42. The van der Waals surface area contributed by atoms with E-state index in [1.807, 2.05) is 24.3 Å². The number of likely N-dealkylation sites (tertiary alicyclic amines) is 1. The van der Waals surface area contributed by atoms with Crippen LogP contribution in [0.4, 0.5) is 0 Å². The molecule has 1 aliphatic rings. The van der Waals surface area contributed by atoms with Crippen LogP contribution in [0.25, 0.3) is 0 Å². The Kier molecular flexibility index (Phi) is 6.17. The van der Waals surface area contributed by atoms with Crippen molar-refractivity contribution in [1.29, 1.82) is 0 Å². The lowest BCUT2D eigenvalue weighted by Gasteiger charge is -2.39. The number of carbonyl (C=O) groups excluding carboxylic acids is 1. The van der Waals surface area contributed by atoms with E-state index in [2.05, 4.69) is 0 Å². The summed E-state index contributed by atoms with van der Waals surface area (Å²) in [5, 5.41) is 11.3. The molecule has 7 nitrogen and oxygen atoms in total. The maximum Gasteiger partial charge on any atom is 0.254 e. The van der Waals surface area contributed by atoms with Gasteiger partial charge in [-0.25, -0.2) is 0 Å². The van der Waals surface area contributed by atoms with Crippen LogP contribution in [-0.2, 0) is 5.60 Å². The Labute approximate surface area is 170 Å². The van der Waals surface area contributed by atoms with Gasteiger partial charge in [-0.05, 0) is 42.7 Å². The number of amides is 1. The van der Waals surface area contributed by atoms with Crippen LogP contribution in [0.3, 0.4) is 0 Å². The van der Waals surface area contributed by atoms with E-state index >= 15 is 0 Å². The van der Waals surface area contributed by atoms with Crippen molar-refractivity contribution < 1.29 is 28.8 Å². The summed E-state index contributed by atoms with van der Waals surface area (Å²) >= 11 is 0. The second kappa shape index (κ2) is 8.61. The lowest BCUT2D eigenvalue weighted by molar-refractivity contribution is -0.0290. The second-order valence-corrected chi connectivity index (χ2v) is 7.01. The van der Waals surface area contributed by atoms with Crippen molar-refractivity contribution in [1.82, 2.24) is 4.90 Å². The van der Waals surface area contributed by atoms with E-state index in [0.29, 0.717) is 47.9 Å². The summed E-state index contributed by atoms with van der Waals surface area (Å²) in [6.45, 7) is 0.747. The molecule has 1 fully saturated rings. The molecule has 156 valence electrons. The Morgan fingerprint density at radius 1 is 1.00 bits per heavy atom. The second-order valence-electron chi connectivity index (χ2n) is 7.01. The Bertz CT molecular complexity index is 858. The summed E-state index contributed by atoms with van der Waals surface area (Å²) < 4.78 is 21.3. The third kappa shape index (κ3) is 4.10. The number of aliphatic hydroxyl groups is 1. The van der Waals surface area contributed by atoms with Crippen LogP contribution in [0.15, 0.2) is 36.4 Å². The normalized spacial score (nSPS) is 18.9. The van der Waals surface area contributed by atoms with E-state index in [0.717, 1.165) is 5.56 Å². The fraction of sp³-hybridized carbons (Fsp3) is 0.409. The van der Waals surface area contributed by atoms with Crippen molar-refractivity contribution in [2.75, 3.05) is 41.5 Å². The summed E-state index contributed by atoms with van der Waals surface area (Å²) in [4.78, 5) is 14.9. The number of methoxy groups -OCH3 is 4. The van der Waals surface area contributed by atoms with Gasteiger partial charge in [0.2, 0.25) is 5.75 Å². The molecule has 1 unspecified atom stereocenters. The molecule has 2 aromatic carbocycles. The van der Waals surface area contributed by atoms with E-state index in [9.17, 15) is 9.90 Å². The first kappa shape index (κ1) is 20.8. The fourth-order valence-corrected chi connectivity index (χ4v) is 3.74. The first-order chi connectivity index (χ1) is 14.0. The number of piperidine rings is 1. The number of benzene rings is 2. The van der Waals surface area contributed by atoms with Crippen molar-refractivity contribution in [3.63, 3.8) is 0 Å². The SMILES string of the molecule is COc1cccc(C2(O)CCCN(C(=O)c3cc(OC)c(OC)c(OC)c3)C2)c1. The van der Waals surface area contributed by atoms with E-state index < -0.39 is 5.60 Å². The largest absolute Gasteiger partial charge is 0.497 e. The first-order valence-electron chi connectivity index (χ1n) is 9.42. The predicted octanol–water partition coefficient (Wildman–Crippen LogP) is 2.84. The molecule has 1 amide bonds. The Hall–Kier alpha value is -2.93. The monoisotopic (exact) mass is 401 g/mol. The zero-order valence-electron chi connectivity index (χ0n) is 17.2. The van der Waals surface area contributed by atoms with Crippen LogP contribution >= 0.6 is 0 Å². The van der Waals surface area contributed by atoms with E-state index in [-0.39, 0.29) is 12.5 Å². The van der Waals surface area contributed by atoms with Crippen molar-refractivity contribution in [2.24, 2.45) is 0 Å². The quantitative estimate of drug-likeness (QED) is 0.802. The molecule has 1 N–H and O–H groups in total. The maximum absolute atomic E-state index is 13.2. The summed E-state index contributed by atoms with van der Waals surface area (Å²) in [5.74, 6) is 1.72. The number of rotatable bonds is 6. The Morgan fingerprint density at radius 3 is 2.28 bits per heavy atom. The highest BCUT2D eigenvalue weighted by molar-refractivity contribution is 5.95.